The van der Waals surface area contributed by atoms with E-state index in [2.05, 4.69) is 21.4 Å². The van der Waals surface area contributed by atoms with Crippen LogP contribution in [0, 0.1) is 12.7 Å². The van der Waals surface area contributed by atoms with Gasteiger partial charge in [-0.3, -0.25) is 11.3 Å². The van der Waals surface area contributed by atoms with E-state index >= 15 is 0 Å². The van der Waals surface area contributed by atoms with Crippen LogP contribution in [-0.2, 0) is 6.42 Å². The third-order valence-electron chi connectivity index (χ3n) is 3.47. The zero-order chi connectivity index (χ0) is 15.4. The van der Waals surface area contributed by atoms with Crippen molar-refractivity contribution in [3.05, 3.63) is 63.4 Å². The number of hydrogen-bond donors (Lipinski definition) is 2. The van der Waals surface area contributed by atoms with Gasteiger partial charge in [-0.15, -0.1) is 0 Å². The van der Waals surface area contributed by atoms with E-state index in [4.69, 9.17) is 10.6 Å². The zero-order valence-electron chi connectivity index (χ0n) is 12.0. The molecule has 2 aromatic rings. The molecule has 0 aliphatic rings. The lowest BCUT2D eigenvalue weighted by Crippen LogP contribution is -2.29. The molecule has 0 fully saturated rings. The van der Waals surface area contributed by atoms with Gasteiger partial charge in [0.1, 0.15) is 11.6 Å². The number of halogens is 2. The number of methoxy groups -OCH3 is 1. The smallest absolute Gasteiger partial charge is 0.126 e. The molecule has 1 unspecified atom stereocenters. The molecule has 3 nitrogen and oxygen atoms in total. The van der Waals surface area contributed by atoms with Gasteiger partial charge in [0.15, 0.2) is 0 Å². The number of nitrogens with two attached hydrogens (primary N) is 1. The van der Waals surface area contributed by atoms with E-state index in [0.29, 0.717) is 12.0 Å². The van der Waals surface area contributed by atoms with E-state index in [1.165, 1.54) is 6.07 Å². The summed E-state index contributed by atoms with van der Waals surface area (Å²) in [6.45, 7) is 1.74. The van der Waals surface area contributed by atoms with Crippen molar-refractivity contribution in [1.29, 1.82) is 0 Å². The second kappa shape index (κ2) is 7.02. The normalized spacial score (nSPS) is 12.2. The monoisotopic (exact) mass is 352 g/mol. The second-order valence-corrected chi connectivity index (χ2v) is 5.80. The van der Waals surface area contributed by atoms with Gasteiger partial charge in [-0.25, -0.2) is 4.39 Å². The Hall–Kier alpha value is -1.43. The predicted octanol–water partition coefficient (Wildman–Crippen LogP) is 3.65. The minimum atomic E-state index is -0.228. The number of rotatable bonds is 5. The molecule has 5 heteroatoms. The first-order chi connectivity index (χ1) is 10.0. The number of hydrogen-bond acceptors (Lipinski definition) is 3. The Morgan fingerprint density at radius 2 is 2.05 bits per heavy atom. The Labute approximate surface area is 132 Å². The zero-order valence-corrected chi connectivity index (χ0v) is 13.6. The van der Waals surface area contributed by atoms with Crippen molar-refractivity contribution < 1.29 is 9.13 Å². The van der Waals surface area contributed by atoms with Gasteiger partial charge in [0.2, 0.25) is 0 Å². The molecule has 0 saturated heterocycles. The van der Waals surface area contributed by atoms with Crippen LogP contribution >= 0.6 is 15.9 Å². The average molecular weight is 353 g/mol. The molecular formula is C16H18BrFN2O. The van der Waals surface area contributed by atoms with Gasteiger partial charge in [0, 0.05) is 4.47 Å². The first kappa shape index (κ1) is 15.9. The molecule has 2 rings (SSSR count). The fourth-order valence-electron chi connectivity index (χ4n) is 2.23. The summed E-state index contributed by atoms with van der Waals surface area (Å²) in [5, 5.41) is 0. The lowest BCUT2D eigenvalue weighted by molar-refractivity contribution is 0.405. The molecule has 0 radical (unpaired) electrons. The van der Waals surface area contributed by atoms with Gasteiger partial charge >= 0.3 is 0 Å². The molecule has 0 amide bonds. The van der Waals surface area contributed by atoms with E-state index in [9.17, 15) is 4.39 Å². The van der Waals surface area contributed by atoms with Gasteiger partial charge in [0.25, 0.3) is 0 Å². The van der Waals surface area contributed by atoms with Gasteiger partial charge in [-0.2, -0.15) is 0 Å². The number of hydrazine groups is 1. The van der Waals surface area contributed by atoms with Crippen molar-refractivity contribution in [3.63, 3.8) is 0 Å². The highest BCUT2D eigenvalue weighted by Crippen LogP contribution is 2.28. The molecule has 0 heterocycles. The third-order valence-corrected chi connectivity index (χ3v) is 3.96. The molecule has 0 aromatic heterocycles. The van der Waals surface area contributed by atoms with Gasteiger partial charge < -0.3 is 4.74 Å². The Kier molecular flexibility index (Phi) is 5.33. The summed E-state index contributed by atoms with van der Waals surface area (Å²) in [4.78, 5) is 0. The Morgan fingerprint density at radius 1 is 1.29 bits per heavy atom. The Morgan fingerprint density at radius 3 is 2.67 bits per heavy atom. The van der Waals surface area contributed by atoms with Crippen LogP contribution in [0.3, 0.4) is 0 Å². The predicted molar refractivity (Wildman–Crippen MR) is 85.6 cm³/mol. The molecule has 2 aromatic carbocycles. The van der Waals surface area contributed by atoms with Crippen LogP contribution in [-0.4, -0.2) is 7.11 Å². The lowest BCUT2D eigenvalue weighted by atomic mass is 9.98. The highest BCUT2D eigenvalue weighted by atomic mass is 79.9. The fraction of sp³-hybridized carbons (Fsp3) is 0.250. The van der Waals surface area contributed by atoms with Crippen molar-refractivity contribution in [2.75, 3.05) is 7.11 Å². The molecule has 112 valence electrons. The molecule has 3 N–H and O–H groups in total. The van der Waals surface area contributed by atoms with Gasteiger partial charge in [0.05, 0.1) is 13.2 Å². The standard InChI is InChI=1S/C16H18BrFN2O/c1-10-3-4-11(8-14(10)18)15(20-19)9-12-7-13(17)5-6-16(12)21-2/h3-8,15,20H,9,19H2,1-2H3. The summed E-state index contributed by atoms with van der Waals surface area (Å²) in [5.74, 6) is 6.20. The maximum Gasteiger partial charge on any atom is 0.126 e. The van der Waals surface area contributed by atoms with Crippen LogP contribution in [0.2, 0.25) is 0 Å². The Bertz CT molecular complexity index is 634. The van der Waals surface area contributed by atoms with Crippen LogP contribution in [0.4, 0.5) is 4.39 Å². The van der Waals surface area contributed by atoms with Gasteiger partial charge in [-0.1, -0.05) is 28.1 Å². The molecule has 0 spiro atoms. The molecule has 21 heavy (non-hydrogen) atoms. The van der Waals surface area contributed by atoms with Crippen molar-refractivity contribution in [1.82, 2.24) is 5.43 Å². The van der Waals surface area contributed by atoms with E-state index < -0.39 is 0 Å². The topological polar surface area (TPSA) is 47.3 Å². The van der Waals surface area contributed by atoms with Crippen LogP contribution in [0.5, 0.6) is 5.75 Å². The highest BCUT2D eigenvalue weighted by Gasteiger charge is 2.15. The number of aryl methyl sites for hydroxylation is 1. The first-order valence-electron chi connectivity index (χ1n) is 6.59. The third kappa shape index (κ3) is 3.81. The van der Waals surface area contributed by atoms with Crippen LogP contribution in [0.25, 0.3) is 0 Å². The maximum absolute atomic E-state index is 13.7. The van der Waals surface area contributed by atoms with Crippen LogP contribution in [0.1, 0.15) is 22.7 Å². The van der Waals surface area contributed by atoms with E-state index in [0.717, 1.165) is 21.3 Å². The summed E-state index contributed by atoms with van der Waals surface area (Å²) >= 11 is 3.45. The fourth-order valence-corrected chi connectivity index (χ4v) is 2.63. The quantitative estimate of drug-likeness (QED) is 0.637. The van der Waals surface area contributed by atoms with Crippen LogP contribution in [0.15, 0.2) is 40.9 Å². The SMILES string of the molecule is COc1ccc(Br)cc1CC(NN)c1ccc(C)c(F)c1. The number of benzene rings is 2. The molecule has 0 bridgehead atoms. The average Bonchev–Trinajstić information content (AvgIpc) is 2.48. The minimum absolute atomic E-state index is 0.191. The summed E-state index contributed by atoms with van der Waals surface area (Å²) in [6.07, 6.45) is 0.599. The van der Waals surface area contributed by atoms with Crippen LogP contribution < -0.4 is 16.0 Å². The molecule has 1 atom stereocenters. The molecular weight excluding hydrogens is 335 g/mol. The van der Waals surface area contributed by atoms with Crippen molar-refractivity contribution in [2.24, 2.45) is 5.84 Å². The maximum atomic E-state index is 13.7. The van der Waals surface area contributed by atoms with E-state index in [1.807, 2.05) is 24.3 Å². The van der Waals surface area contributed by atoms with Crippen molar-refractivity contribution >= 4 is 15.9 Å². The van der Waals surface area contributed by atoms with Crippen molar-refractivity contribution in [2.45, 2.75) is 19.4 Å². The second-order valence-electron chi connectivity index (χ2n) is 4.89. The summed E-state index contributed by atoms with van der Waals surface area (Å²) in [6, 6.07) is 10.8. The summed E-state index contributed by atoms with van der Waals surface area (Å²) in [7, 11) is 1.63. The first-order valence-corrected chi connectivity index (χ1v) is 7.39. The summed E-state index contributed by atoms with van der Waals surface area (Å²) in [5.41, 5.74) is 5.17. The minimum Gasteiger partial charge on any atom is -0.496 e. The number of ether oxygens (including phenoxy) is 1. The van der Waals surface area contributed by atoms with Gasteiger partial charge in [-0.05, 0) is 54.3 Å². The van der Waals surface area contributed by atoms with Crippen molar-refractivity contribution in [3.8, 4) is 5.75 Å². The largest absolute Gasteiger partial charge is 0.496 e. The number of nitrogens with one attached hydrogen (secondary N) is 1. The molecule has 0 aliphatic carbocycles. The summed E-state index contributed by atoms with van der Waals surface area (Å²) < 4.78 is 20.0. The van der Waals surface area contributed by atoms with E-state index in [1.54, 1.807) is 20.1 Å². The lowest BCUT2D eigenvalue weighted by Gasteiger charge is -2.19. The molecule has 0 aliphatic heterocycles. The molecule has 0 saturated carbocycles. The Balaban J connectivity index is 2.30. The highest BCUT2D eigenvalue weighted by molar-refractivity contribution is 9.10. The van der Waals surface area contributed by atoms with E-state index in [-0.39, 0.29) is 11.9 Å².